The fourth-order valence-corrected chi connectivity index (χ4v) is 3.01. The number of thioether (sulfide) groups is 1. The molecule has 1 aromatic carbocycles. The number of hydrogen-bond acceptors (Lipinski definition) is 4. The molecule has 3 nitrogen and oxygen atoms in total. The van der Waals surface area contributed by atoms with Gasteiger partial charge in [0, 0.05) is 16.3 Å². The van der Waals surface area contributed by atoms with Crippen molar-refractivity contribution in [3.8, 4) is 0 Å². The quantitative estimate of drug-likeness (QED) is 0.721. The minimum absolute atomic E-state index is 0.606. The van der Waals surface area contributed by atoms with E-state index < -0.39 is 0 Å². The number of rotatable bonds is 3. The van der Waals surface area contributed by atoms with Crippen molar-refractivity contribution in [3.63, 3.8) is 0 Å². The van der Waals surface area contributed by atoms with E-state index in [1.807, 2.05) is 18.4 Å². The van der Waals surface area contributed by atoms with Crippen LogP contribution in [0.1, 0.15) is 5.56 Å². The highest BCUT2D eigenvalue weighted by Gasteiger charge is 2.17. The molecular weight excluding hydrogens is 234 g/mol. The average molecular weight is 247 g/mol. The smallest absolute Gasteiger partial charge is 0.148 e. The molecule has 0 spiro atoms. The topological polar surface area (TPSA) is 52.3 Å². The summed E-state index contributed by atoms with van der Waals surface area (Å²) in [5, 5.41) is 2.23. The van der Waals surface area contributed by atoms with Crippen LogP contribution >= 0.6 is 11.8 Å². The zero-order valence-electron chi connectivity index (χ0n) is 9.53. The number of fused-ring (bicyclic) bond motifs is 2. The first-order chi connectivity index (χ1) is 8.36. The van der Waals surface area contributed by atoms with Crippen LogP contribution in [0.3, 0.4) is 0 Å². The van der Waals surface area contributed by atoms with Crippen LogP contribution in [0.4, 0.5) is 0 Å². The van der Waals surface area contributed by atoms with Crippen LogP contribution in [0.15, 0.2) is 38.4 Å². The fraction of sp³-hybridized carbons (Fsp3) is 0.231. The van der Waals surface area contributed by atoms with Gasteiger partial charge in [-0.25, -0.2) is 0 Å². The summed E-state index contributed by atoms with van der Waals surface area (Å²) in [7, 11) is 0. The van der Waals surface area contributed by atoms with E-state index in [4.69, 9.17) is 14.6 Å². The summed E-state index contributed by atoms with van der Waals surface area (Å²) in [6.07, 6.45) is 6.30. The Hall–Kier alpha value is -1.39. The second-order valence-corrected chi connectivity index (χ2v) is 4.69. The summed E-state index contributed by atoms with van der Waals surface area (Å²) in [5.41, 5.74) is 8.70. The van der Waals surface area contributed by atoms with Crippen LogP contribution < -0.4 is 5.73 Å². The van der Waals surface area contributed by atoms with Crippen LogP contribution in [0.2, 0.25) is 0 Å². The molecule has 2 aromatic heterocycles. The van der Waals surface area contributed by atoms with E-state index in [1.54, 1.807) is 24.3 Å². The molecule has 4 heteroatoms. The van der Waals surface area contributed by atoms with Gasteiger partial charge in [-0.05, 0) is 31.4 Å². The predicted molar refractivity (Wildman–Crippen MR) is 70.5 cm³/mol. The SMILES string of the molecule is CSc1c2ccoc2c(CCN)c2ccoc12. The number of furan rings is 2. The fourth-order valence-electron chi connectivity index (χ4n) is 2.28. The van der Waals surface area contributed by atoms with Crippen molar-refractivity contribution < 1.29 is 8.83 Å². The Labute approximate surface area is 103 Å². The molecule has 0 saturated heterocycles. The Kier molecular flexibility index (Phi) is 2.61. The third-order valence-corrected chi connectivity index (χ3v) is 3.79. The average Bonchev–Trinajstić information content (AvgIpc) is 2.96. The number of nitrogens with two attached hydrogens (primary N) is 1. The second-order valence-electron chi connectivity index (χ2n) is 3.88. The van der Waals surface area contributed by atoms with Crippen LogP contribution in [0.25, 0.3) is 21.9 Å². The second kappa shape index (κ2) is 4.13. The van der Waals surface area contributed by atoms with E-state index in [-0.39, 0.29) is 0 Å². The van der Waals surface area contributed by atoms with E-state index >= 15 is 0 Å². The van der Waals surface area contributed by atoms with Gasteiger partial charge in [-0.15, -0.1) is 11.8 Å². The summed E-state index contributed by atoms with van der Waals surface area (Å²) < 4.78 is 11.2. The molecule has 3 aromatic rings. The van der Waals surface area contributed by atoms with Crippen LogP contribution in [-0.4, -0.2) is 12.8 Å². The van der Waals surface area contributed by atoms with Gasteiger partial charge in [0.05, 0.1) is 17.4 Å². The van der Waals surface area contributed by atoms with Gasteiger partial charge in [0.15, 0.2) is 0 Å². The van der Waals surface area contributed by atoms with E-state index in [2.05, 4.69) is 0 Å². The molecule has 0 aliphatic rings. The van der Waals surface area contributed by atoms with E-state index in [9.17, 15) is 0 Å². The lowest BCUT2D eigenvalue weighted by molar-refractivity contribution is 0.604. The van der Waals surface area contributed by atoms with Crippen molar-refractivity contribution in [1.82, 2.24) is 0 Å². The lowest BCUT2D eigenvalue weighted by Gasteiger charge is -2.06. The monoisotopic (exact) mass is 247 g/mol. The first-order valence-corrected chi connectivity index (χ1v) is 6.72. The molecular formula is C13H13NO2S. The van der Waals surface area contributed by atoms with Gasteiger partial charge in [-0.3, -0.25) is 0 Å². The molecule has 0 aliphatic carbocycles. The maximum absolute atomic E-state index is 5.67. The maximum Gasteiger partial charge on any atom is 0.148 e. The van der Waals surface area contributed by atoms with Gasteiger partial charge in [0.1, 0.15) is 11.2 Å². The normalized spacial score (nSPS) is 11.6. The zero-order chi connectivity index (χ0) is 11.8. The van der Waals surface area contributed by atoms with Crippen molar-refractivity contribution in [2.24, 2.45) is 5.73 Å². The van der Waals surface area contributed by atoms with Crippen molar-refractivity contribution >= 4 is 33.7 Å². The summed E-state index contributed by atoms with van der Waals surface area (Å²) >= 11 is 1.68. The van der Waals surface area contributed by atoms with Crippen molar-refractivity contribution in [1.29, 1.82) is 0 Å². The predicted octanol–water partition coefficient (Wildman–Crippen LogP) is 3.40. The van der Waals surface area contributed by atoms with Gasteiger partial charge in [0.2, 0.25) is 0 Å². The van der Waals surface area contributed by atoms with Gasteiger partial charge < -0.3 is 14.6 Å². The number of hydrogen-bond donors (Lipinski definition) is 1. The van der Waals surface area contributed by atoms with E-state index in [0.717, 1.165) is 38.8 Å². The Bertz CT molecular complexity index is 617. The van der Waals surface area contributed by atoms with Gasteiger partial charge in [-0.1, -0.05) is 0 Å². The highest BCUT2D eigenvalue weighted by Crippen LogP contribution is 2.39. The molecule has 0 radical (unpaired) electrons. The maximum atomic E-state index is 5.67. The summed E-state index contributed by atoms with van der Waals surface area (Å²) in [6, 6.07) is 3.98. The molecule has 2 heterocycles. The van der Waals surface area contributed by atoms with Crippen LogP contribution in [-0.2, 0) is 6.42 Å². The molecule has 0 amide bonds. The Morgan fingerprint density at radius 2 is 1.82 bits per heavy atom. The molecule has 3 rings (SSSR count). The van der Waals surface area contributed by atoms with E-state index in [1.165, 1.54) is 0 Å². The number of benzene rings is 1. The zero-order valence-corrected chi connectivity index (χ0v) is 10.3. The van der Waals surface area contributed by atoms with Crippen LogP contribution in [0.5, 0.6) is 0 Å². The highest BCUT2D eigenvalue weighted by molar-refractivity contribution is 7.99. The molecule has 0 atom stereocenters. The molecule has 0 aliphatic heterocycles. The third kappa shape index (κ3) is 1.48. The lowest BCUT2D eigenvalue weighted by Crippen LogP contribution is -2.03. The van der Waals surface area contributed by atoms with Gasteiger partial charge in [0.25, 0.3) is 0 Å². The van der Waals surface area contributed by atoms with Gasteiger partial charge >= 0.3 is 0 Å². The summed E-state index contributed by atoms with van der Waals surface area (Å²) in [6.45, 7) is 0.606. The minimum Gasteiger partial charge on any atom is -0.464 e. The summed E-state index contributed by atoms with van der Waals surface area (Å²) in [4.78, 5) is 1.13. The largest absolute Gasteiger partial charge is 0.464 e. The van der Waals surface area contributed by atoms with E-state index in [0.29, 0.717) is 6.54 Å². The third-order valence-electron chi connectivity index (χ3n) is 2.98. The molecule has 0 bridgehead atoms. The molecule has 88 valence electrons. The molecule has 0 saturated carbocycles. The van der Waals surface area contributed by atoms with Crippen LogP contribution in [0, 0.1) is 0 Å². The molecule has 0 fully saturated rings. The Balaban J connectivity index is 2.48. The highest BCUT2D eigenvalue weighted by atomic mass is 32.2. The minimum atomic E-state index is 0.606. The Morgan fingerprint density at radius 3 is 2.53 bits per heavy atom. The lowest BCUT2D eigenvalue weighted by atomic mass is 10.0. The van der Waals surface area contributed by atoms with Gasteiger partial charge in [-0.2, -0.15) is 0 Å². The first kappa shape index (κ1) is 10.7. The standard InChI is InChI=1S/C13H13NO2S/c1-17-13-10-4-7-15-11(10)8(2-5-14)9-3-6-16-12(9)13/h3-4,6-7H,2,5,14H2,1H3. The molecule has 0 unspecified atom stereocenters. The van der Waals surface area contributed by atoms with Crippen molar-refractivity contribution in [2.75, 3.05) is 12.8 Å². The molecule has 17 heavy (non-hydrogen) atoms. The van der Waals surface area contributed by atoms with Crippen molar-refractivity contribution in [3.05, 3.63) is 30.2 Å². The Morgan fingerprint density at radius 1 is 1.12 bits per heavy atom. The summed E-state index contributed by atoms with van der Waals surface area (Å²) in [5.74, 6) is 0. The molecule has 2 N–H and O–H groups in total. The van der Waals surface area contributed by atoms with Crippen molar-refractivity contribution in [2.45, 2.75) is 11.3 Å². The first-order valence-electron chi connectivity index (χ1n) is 5.50.